The largest absolute Gasteiger partial charge is 0.331 e. The smallest absolute Gasteiger partial charge is 0.160 e. The Morgan fingerprint density at radius 3 is 2.60 bits per heavy atom. The van der Waals surface area contributed by atoms with Gasteiger partial charge in [-0.05, 0) is 56.7 Å². The molecule has 6 heteroatoms. The number of carbonyl (C=O) groups is 1. The first-order valence-electron chi connectivity index (χ1n) is 8.53. The lowest BCUT2D eigenvalue weighted by atomic mass is 9.91. The molecule has 25 heavy (non-hydrogen) atoms. The van der Waals surface area contributed by atoms with Crippen LogP contribution in [0.5, 0.6) is 0 Å². The van der Waals surface area contributed by atoms with Crippen molar-refractivity contribution >= 4 is 15.6 Å². The van der Waals surface area contributed by atoms with Crippen molar-refractivity contribution in [3.8, 4) is 11.4 Å². The van der Waals surface area contributed by atoms with E-state index in [1.54, 1.807) is 13.1 Å². The minimum atomic E-state index is -2.89. The van der Waals surface area contributed by atoms with Gasteiger partial charge in [0.2, 0.25) is 0 Å². The number of hydrogen-bond acceptors (Lipinski definition) is 4. The molecular weight excluding hydrogens is 336 g/mol. The van der Waals surface area contributed by atoms with Gasteiger partial charge in [0.1, 0.15) is 5.82 Å². The SMILES string of the molecule is CC(=O)c1c(C)cc(C)c(-c2nccn2C[C@H]2CCS(=O)(=O)C2)c1C. The Labute approximate surface area is 149 Å². The van der Waals surface area contributed by atoms with Crippen LogP contribution < -0.4 is 0 Å². The van der Waals surface area contributed by atoms with Crippen molar-refractivity contribution in [2.75, 3.05) is 11.5 Å². The molecule has 1 aromatic carbocycles. The Morgan fingerprint density at radius 1 is 1.28 bits per heavy atom. The maximum absolute atomic E-state index is 12.1. The molecule has 1 aliphatic rings. The van der Waals surface area contributed by atoms with E-state index in [1.165, 1.54) is 0 Å². The van der Waals surface area contributed by atoms with E-state index in [0.717, 1.165) is 33.6 Å². The number of carbonyl (C=O) groups excluding carboxylic acids is 1. The molecule has 134 valence electrons. The van der Waals surface area contributed by atoms with Gasteiger partial charge in [0.25, 0.3) is 0 Å². The van der Waals surface area contributed by atoms with E-state index in [2.05, 4.69) is 4.98 Å². The zero-order valence-corrected chi connectivity index (χ0v) is 16.0. The molecule has 0 spiro atoms. The summed E-state index contributed by atoms with van der Waals surface area (Å²) in [6.45, 7) is 8.17. The lowest BCUT2D eigenvalue weighted by molar-refractivity contribution is 0.101. The van der Waals surface area contributed by atoms with Gasteiger partial charge in [0, 0.05) is 30.1 Å². The fourth-order valence-electron chi connectivity index (χ4n) is 4.05. The first-order chi connectivity index (χ1) is 11.7. The third kappa shape index (κ3) is 3.40. The van der Waals surface area contributed by atoms with Crippen LogP contribution in [-0.2, 0) is 16.4 Å². The van der Waals surface area contributed by atoms with E-state index < -0.39 is 9.84 Å². The van der Waals surface area contributed by atoms with Crippen molar-refractivity contribution in [3.05, 3.63) is 40.7 Å². The van der Waals surface area contributed by atoms with Crippen LogP contribution in [0.4, 0.5) is 0 Å². The number of Topliss-reactive ketones (excluding diaryl/α,β-unsaturated/α-hetero) is 1. The Hall–Kier alpha value is -1.95. The topological polar surface area (TPSA) is 69.0 Å². The third-order valence-electron chi connectivity index (χ3n) is 5.04. The van der Waals surface area contributed by atoms with E-state index in [1.807, 2.05) is 37.6 Å². The number of imidazole rings is 1. The molecule has 5 nitrogen and oxygen atoms in total. The number of rotatable bonds is 4. The quantitative estimate of drug-likeness (QED) is 0.786. The maximum atomic E-state index is 12.1. The second-order valence-corrected chi connectivity index (χ2v) is 9.34. The molecule has 0 bridgehead atoms. The van der Waals surface area contributed by atoms with Crippen LogP contribution in [0.1, 0.15) is 40.4 Å². The highest BCUT2D eigenvalue weighted by Gasteiger charge is 2.29. The number of nitrogens with zero attached hydrogens (tertiary/aromatic N) is 2. The Kier molecular flexibility index (Phi) is 4.58. The van der Waals surface area contributed by atoms with Crippen molar-refractivity contribution in [2.45, 2.75) is 40.7 Å². The van der Waals surface area contributed by atoms with Gasteiger partial charge < -0.3 is 4.57 Å². The van der Waals surface area contributed by atoms with Crippen LogP contribution in [0, 0.1) is 26.7 Å². The molecule has 0 amide bonds. The predicted octanol–water partition coefficient (Wildman–Crippen LogP) is 3.11. The summed E-state index contributed by atoms with van der Waals surface area (Å²) in [4.78, 5) is 16.6. The molecule has 1 atom stereocenters. The number of hydrogen-bond donors (Lipinski definition) is 0. The predicted molar refractivity (Wildman–Crippen MR) is 98.6 cm³/mol. The molecule has 0 saturated carbocycles. The van der Waals surface area contributed by atoms with Gasteiger partial charge in [-0.3, -0.25) is 4.79 Å². The summed E-state index contributed by atoms with van der Waals surface area (Å²) in [5.41, 5.74) is 4.72. The van der Waals surface area contributed by atoms with E-state index in [9.17, 15) is 13.2 Å². The average molecular weight is 360 g/mol. The number of benzene rings is 1. The fraction of sp³-hybridized carbons (Fsp3) is 0.474. The average Bonchev–Trinajstić information content (AvgIpc) is 3.05. The molecular formula is C19H24N2O3S. The summed E-state index contributed by atoms with van der Waals surface area (Å²) in [6, 6.07) is 2.03. The van der Waals surface area contributed by atoms with Gasteiger partial charge in [-0.25, -0.2) is 13.4 Å². The number of aryl methyl sites for hydroxylation is 2. The zero-order chi connectivity index (χ0) is 18.4. The Morgan fingerprint density at radius 2 is 2.00 bits per heavy atom. The molecule has 1 saturated heterocycles. The second-order valence-electron chi connectivity index (χ2n) is 7.11. The maximum Gasteiger partial charge on any atom is 0.160 e. The number of ketones is 1. The van der Waals surface area contributed by atoms with Crippen molar-refractivity contribution in [1.29, 1.82) is 0 Å². The van der Waals surface area contributed by atoms with Gasteiger partial charge >= 0.3 is 0 Å². The fourth-order valence-corrected chi connectivity index (χ4v) is 5.90. The lowest BCUT2D eigenvalue weighted by Crippen LogP contribution is -2.14. The Balaban J connectivity index is 2.03. The van der Waals surface area contributed by atoms with E-state index in [-0.39, 0.29) is 23.2 Å². The highest BCUT2D eigenvalue weighted by atomic mass is 32.2. The Bertz CT molecular complexity index is 942. The second kappa shape index (κ2) is 6.41. The van der Waals surface area contributed by atoms with E-state index >= 15 is 0 Å². The van der Waals surface area contributed by atoms with Crippen molar-refractivity contribution in [3.63, 3.8) is 0 Å². The summed E-state index contributed by atoms with van der Waals surface area (Å²) in [7, 11) is -2.89. The number of sulfone groups is 1. The molecule has 0 aliphatic carbocycles. The highest BCUT2D eigenvalue weighted by Crippen LogP contribution is 2.32. The molecule has 1 aromatic heterocycles. The zero-order valence-electron chi connectivity index (χ0n) is 15.2. The molecule has 2 aromatic rings. The van der Waals surface area contributed by atoms with Gasteiger partial charge in [0.05, 0.1) is 11.5 Å². The van der Waals surface area contributed by atoms with Crippen molar-refractivity contribution in [2.24, 2.45) is 5.92 Å². The molecule has 0 radical (unpaired) electrons. The molecule has 2 heterocycles. The monoisotopic (exact) mass is 360 g/mol. The van der Waals surface area contributed by atoms with Crippen LogP contribution in [0.2, 0.25) is 0 Å². The van der Waals surface area contributed by atoms with Gasteiger partial charge in [-0.2, -0.15) is 0 Å². The highest BCUT2D eigenvalue weighted by molar-refractivity contribution is 7.91. The number of aromatic nitrogens is 2. The summed E-state index contributed by atoms with van der Waals surface area (Å²) in [5.74, 6) is 1.50. The molecule has 0 N–H and O–H groups in total. The van der Waals surface area contributed by atoms with Crippen molar-refractivity contribution < 1.29 is 13.2 Å². The van der Waals surface area contributed by atoms with Gasteiger partial charge in [0.15, 0.2) is 15.6 Å². The molecule has 1 aliphatic heterocycles. The summed E-state index contributed by atoms with van der Waals surface area (Å²) in [5, 5.41) is 0. The van der Waals surface area contributed by atoms with Crippen molar-refractivity contribution in [1.82, 2.24) is 9.55 Å². The van der Waals surface area contributed by atoms with Crippen LogP contribution >= 0.6 is 0 Å². The van der Waals surface area contributed by atoms with E-state index in [0.29, 0.717) is 13.0 Å². The molecule has 3 rings (SSSR count). The van der Waals surface area contributed by atoms with E-state index in [4.69, 9.17) is 0 Å². The van der Waals surface area contributed by atoms with Crippen LogP contribution in [-0.4, -0.2) is 35.3 Å². The minimum Gasteiger partial charge on any atom is -0.331 e. The summed E-state index contributed by atoms with van der Waals surface area (Å²) < 4.78 is 25.5. The van der Waals surface area contributed by atoms with Crippen LogP contribution in [0.25, 0.3) is 11.4 Å². The molecule has 1 fully saturated rings. The summed E-state index contributed by atoms with van der Waals surface area (Å²) >= 11 is 0. The molecule has 0 unspecified atom stereocenters. The van der Waals surface area contributed by atoms with Crippen LogP contribution in [0.15, 0.2) is 18.5 Å². The van der Waals surface area contributed by atoms with Crippen LogP contribution in [0.3, 0.4) is 0 Å². The van der Waals surface area contributed by atoms with Gasteiger partial charge in [-0.1, -0.05) is 6.07 Å². The normalized spacial score (nSPS) is 19.3. The first kappa shape index (κ1) is 17.9. The minimum absolute atomic E-state index is 0.0521. The summed E-state index contributed by atoms with van der Waals surface area (Å²) in [6.07, 6.45) is 4.34. The standard InChI is InChI=1S/C19H24N2O3S/c1-12-9-13(2)18(14(3)17(12)15(4)22)19-20-6-7-21(19)10-16-5-8-25(23,24)11-16/h6-7,9,16H,5,8,10-11H2,1-4H3/t16-/m1/s1. The first-order valence-corrected chi connectivity index (χ1v) is 10.4. The third-order valence-corrected chi connectivity index (χ3v) is 6.88. The van der Waals surface area contributed by atoms with Gasteiger partial charge in [-0.15, -0.1) is 0 Å². The lowest BCUT2D eigenvalue weighted by Gasteiger charge is -2.18.